The molecule has 10 heteroatoms. The topological polar surface area (TPSA) is 119 Å². The molecule has 4 N–H and O–H groups in total. The first-order valence-corrected chi connectivity index (χ1v) is 4.84. The molecule has 0 aliphatic rings. The Morgan fingerprint density at radius 3 is 2.30 bits per heavy atom. The van der Waals surface area contributed by atoms with Crippen molar-refractivity contribution < 1.29 is 37.4 Å². The van der Waals surface area contributed by atoms with Crippen molar-refractivity contribution in [1.29, 1.82) is 0 Å². The lowest BCUT2D eigenvalue weighted by atomic mass is 10.1. The van der Waals surface area contributed by atoms with E-state index in [1.165, 1.54) is 0 Å². The summed E-state index contributed by atoms with van der Waals surface area (Å²) in [7, 11) is 0. The van der Waals surface area contributed by atoms with Crippen LogP contribution >= 0.6 is 0 Å². The van der Waals surface area contributed by atoms with Crippen LogP contribution in [0.25, 0.3) is 0 Å². The maximum Gasteiger partial charge on any atom is 0.573 e. The number of nitrogens with two attached hydrogens (primary N) is 1. The molecule has 1 aromatic rings. The molecule has 0 aromatic heterocycles. The Balaban J connectivity index is 3.11. The monoisotopic (exact) mass is 292 g/mol. The largest absolute Gasteiger partial charge is 0.573 e. The molecule has 0 unspecified atom stereocenters. The van der Waals surface area contributed by atoms with Crippen LogP contribution in [0.2, 0.25) is 0 Å². The second-order valence-electron chi connectivity index (χ2n) is 3.38. The number of halogens is 3. The van der Waals surface area contributed by atoms with Crippen molar-refractivity contribution in [2.24, 2.45) is 5.73 Å². The van der Waals surface area contributed by atoms with Crippen molar-refractivity contribution in [2.75, 3.05) is 5.32 Å². The van der Waals surface area contributed by atoms with E-state index in [0.717, 1.165) is 12.1 Å². The van der Waals surface area contributed by atoms with E-state index < -0.39 is 35.5 Å². The Bertz CT molecular complexity index is 571. The molecule has 108 valence electrons. The summed E-state index contributed by atoms with van der Waals surface area (Å²) in [6.45, 7) is 0. The van der Waals surface area contributed by atoms with Crippen LogP contribution in [0.4, 0.5) is 18.9 Å². The number of carbonyl (C=O) groups is 3. The van der Waals surface area contributed by atoms with Gasteiger partial charge in [0.25, 0.3) is 5.91 Å². The van der Waals surface area contributed by atoms with Gasteiger partial charge < -0.3 is 20.9 Å². The van der Waals surface area contributed by atoms with Crippen molar-refractivity contribution in [2.45, 2.75) is 6.36 Å². The molecule has 0 bridgehead atoms. The predicted octanol–water partition coefficient (Wildman–Crippen LogP) is 0.707. The summed E-state index contributed by atoms with van der Waals surface area (Å²) in [6, 6.07) is 2.28. The van der Waals surface area contributed by atoms with E-state index in [-0.39, 0.29) is 5.69 Å². The van der Waals surface area contributed by atoms with Gasteiger partial charge in [-0.05, 0) is 18.2 Å². The molecule has 20 heavy (non-hydrogen) atoms. The molecule has 0 heterocycles. The van der Waals surface area contributed by atoms with Gasteiger partial charge in [0.15, 0.2) is 0 Å². The van der Waals surface area contributed by atoms with E-state index in [0.29, 0.717) is 6.07 Å². The Morgan fingerprint density at radius 1 is 1.25 bits per heavy atom. The van der Waals surface area contributed by atoms with Crippen molar-refractivity contribution in [3.63, 3.8) is 0 Å². The molecule has 1 rings (SSSR count). The lowest BCUT2D eigenvalue weighted by Gasteiger charge is -2.12. The normalized spacial score (nSPS) is 10.8. The summed E-state index contributed by atoms with van der Waals surface area (Å²) in [5, 5.41) is 10.2. The Labute approximate surface area is 109 Å². The maximum atomic E-state index is 12.0. The molecule has 0 aliphatic heterocycles. The first kappa shape index (κ1) is 15.3. The van der Waals surface area contributed by atoms with Crippen LogP contribution in [0.15, 0.2) is 18.2 Å². The van der Waals surface area contributed by atoms with Crippen LogP contribution < -0.4 is 15.8 Å². The summed E-state index contributed by atoms with van der Waals surface area (Å²) < 4.78 is 39.6. The summed E-state index contributed by atoms with van der Waals surface area (Å²) in [6.07, 6.45) is -4.97. The fraction of sp³-hybridized carbons (Fsp3) is 0.100. The highest BCUT2D eigenvalue weighted by molar-refractivity contribution is 6.36. The molecule has 0 saturated heterocycles. The summed E-state index contributed by atoms with van der Waals surface area (Å²) >= 11 is 0. The van der Waals surface area contributed by atoms with Crippen LogP contribution in [0.5, 0.6) is 5.75 Å². The van der Waals surface area contributed by atoms with E-state index in [1.54, 1.807) is 5.32 Å². The number of ether oxygens (including phenoxy) is 1. The maximum absolute atomic E-state index is 12.0. The van der Waals surface area contributed by atoms with Gasteiger partial charge in [0.1, 0.15) is 5.75 Å². The van der Waals surface area contributed by atoms with Crippen LogP contribution in [0, 0.1) is 0 Å². The minimum absolute atomic E-state index is 0.348. The lowest BCUT2D eigenvalue weighted by Crippen LogP contribution is -2.24. The fourth-order valence-corrected chi connectivity index (χ4v) is 1.21. The first-order valence-electron chi connectivity index (χ1n) is 4.84. The number of hydrogen-bond acceptors (Lipinski definition) is 4. The fourth-order valence-electron chi connectivity index (χ4n) is 1.21. The summed E-state index contributed by atoms with van der Waals surface area (Å²) in [5.41, 5.74) is 4.05. The molecule has 0 radical (unpaired) electrons. The van der Waals surface area contributed by atoms with E-state index >= 15 is 0 Å². The molecular weight excluding hydrogens is 285 g/mol. The number of amides is 2. The van der Waals surface area contributed by atoms with Gasteiger partial charge in [-0.3, -0.25) is 9.59 Å². The van der Waals surface area contributed by atoms with Crippen LogP contribution in [0.1, 0.15) is 10.4 Å². The highest BCUT2D eigenvalue weighted by Gasteiger charge is 2.31. The smallest absolute Gasteiger partial charge is 0.474 e. The van der Waals surface area contributed by atoms with Gasteiger partial charge in [-0.25, -0.2) is 4.79 Å². The first-order chi connectivity index (χ1) is 9.10. The number of carbonyl (C=O) groups excluding carboxylic acids is 2. The Hall–Kier alpha value is -2.78. The minimum atomic E-state index is -4.97. The van der Waals surface area contributed by atoms with E-state index in [1.807, 2.05) is 0 Å². The third-order valence-electron chi connectivity index (χ3n) is 1.93. The molecule has 0 atom stereocenters. The van der Waals surface area contributed by atoms with Gasteiger partial charge >= 0.3 is 18.2 Å². The molecule has 1 aromatic carbocycles. The van der Waals surface area contributed by atoms with Crippen LogP contribution in [-0.2, 0) is 9.59 Å². The second kappa shape index (κ2) is 5.47. The summed E-state index contributed by atoms with van der Waals surface area (Å²) in [5.74, 6) is -5.22. The highest BCUT2D eigenvalue weighted by atomic mass is 19.4. The SMILES string of the molecule is NC(=O)c1cc(OC(F)(F)F)ccc1NC(=O)C(=O)O. The Kier molecular flexibility index (Phi) is 4.17. The molecule has 2 amide bonds. The van der Waals surface area contributed by atoms with Crippen molar-refractivity contribution in [3.05, 3.63) is 23.8 Å². The van der Waals surface area contributed by atoms with Gasteiger partial charge in [0.2, 0.25) is 0 Å². The molecule has 0 spiro atoms. The molecule has 0 aliphatic carbocycles. The minimum Gasteiger partial charge on any atom is -0.474 e. The number of aliphatic carboxylic acids is 1. The van der Waals surface area contributed by atoms with Gasteiger partial charge in [0, 0.05) is 0 Å². The molecule has 0 saturated carbocycles. The van der Waals surface area contributed by atoms with Crippen molar-refractivity contribution >= 4 is 23.5 Å². The van der Waals surface area contributed by atoms with Crippen molar-refractivity contribution in [3.8, 4) is 5.75 Å². The van der Waals surface area contributed by atoms with E-state index in [9.17, 15) is 27.6 Å². The predicted molar refractivity (Wildman–Crippen MR) is 57.9 cm³/mol. The van der Waals surface area contributed by atoms with E-state index in [2.05, 4.69) is 4.74 Å². The third-order valence-corrected chi connectivity index (χ3v) is 1.93. The average molecular weight is 292 g/mol. The van der Waals surface area contributed by atoms with Crippen LogP contribution in [-0.4, -0.2) is 29.3 Å². The third kappa shape index (κ3) is 4.15. The number of anilines is 1. The Morgan fingerprint density at radius 2 is 1.85 bits per heavy atom. The van der Waals surface area contributed by atoms with Gasteiger partial charge in [-0.2, -0.15) is 0 Å². The number of rotatable bonds is 3. The number of primary amides is 1. The standard InChI is InChI=1S/C10H7F3N2O5/c11-10(12,13)20-4-1-2-6(5(3-4)7(14)16)15-8(17)9(18)19/h1-3H,(H2,14,16)(H,15,17)(H,18,19). The number of benzene rings is 1. The van der Waals surface area contributed by atoms with Crippen LogP contribution in [0.3, 0.4) is 0 Å². The van der Waals surface area contributed by atoms with Gasteiger partial charge in [0.05, 0.1) is 11.3 Å². The number of nitrogens with one attached hydrogen (secondary N) is 1. The zero-order valence-corrected chi connectivity index (χ0v) is 9.52. The second-order valence-corrected chi connectivity index (χ2v) is 3.38. The average Bonchev–Trinajstić information content (AvgIpc) is 2.28. The number of carboxylic acids is 1. The quantitative estimate of drug-likeness (QED) is 0.709. The number of alkyl halides is 3. The zero-order chi connectivity index (χ0) is 15.5. The molecular formula is C10H7F3N2O5. The highest BCUT2D eigenvalue weighted by Crippen LogP contribution is 2.27. The number of hydrogen-bond donors (Lipinski definition) is 3. The zero-order valence-electron chi connectivity index (χ0n) is 9.52. The molecule has 0 fully saturated rings. The van der Waals surface area contributed by atoms with Gasteiger partial charge in [-0.15, -0.1) is 13.2 Å². The molecule has 7 nitrogen and oxygen atoms in total. The van der Waals surface area contributed by atoms with E-state index in [4.69, 9.17) is 10.8 Å². The lowest BCUT2D eigenvalue weighted by molar-refractivity contribution is -0.274. The number of carboxylic acid groups (broad SMARTS) is 1. The summed E-state index contributed by atoms with van der Waals surface area (Å²) in [4.78, 5) is 32.3. The van der Waals surface area contributed by atoms with Gasteiger partial charge in [-0.1, -0.05) is 0 Å². The van der Waals surface area contributed by atoms with Crippen molar-refractivity contribution in [1.82, 2.24) is 0 Å².